The summed E-state index contributed by atoms with van der Waals surface area (Å²) in [7, 11) is 0. The van der Waals surface area contributed by atoms with Crippen LogP contribution < -0.4 is 10.3 Å². The number of allylic oxidation sites excluding steroid dienone is 1. The Balaban J connectivity index is 1.73. The molecule has 0 amide bonds. The van der Waals surface area contributed by atoms with Gasteiger partial charge in [-0.2, -0.15) is 5.26 Å². The second kappa shape index (κ2) is 6.66. The van der Waals surface area contributed by atoms with Crippen molar-refractivity contribution < 1.29 is 4.74 Å². The lowest BCUT2D eigenvalue weighted by Gasteiger charge is -2.06. The maximum Gasteiger partial charge on any atom is 0.261 e. The Kier molecular flexibility index (Phi) is 4.19. The molecule has 1 aromatic heterocycles. The van der Waals surface area contributed by atoms with Gasteiger partial charge >= 0.3 is 0 Å². The van der Waals surface area contributed by atoms with E-state index in [1.807, 2.05) is 36.4 Å². The van der Waals surface area contributed by atoms with E-state index in [9.17, 15) is 4.79 Å². The number of hydrogen-bond acceptors (Lipinski definition) is 4. The maximum absolute atomic E-state index is 12.7. The number of ether oxygens (including phenoxy) is 1. The van der Waals surface area contributed by atoms with Gasteiger partial charge in [-0.05, 0) is 54.0 Å². The standard InChI is InChI=1S/C20H14ClN3O2/c21-15-3-6-17-18(12-15)23-19-14(7-9-24(19)20(17)25)11-13-1-4-16(5-2-13)26-10-8-22/h1-6,11-12H,7,9-10H2/b14-11+. The van der Waals surface area contributed by atoms with Crippen molar-refractivity contribution in [3.63, 3.8) is 0 Å². The fourth-order valence-corrected chi connectivity index (χ4v) is 3.27. The molecule has 0 fully saturated rings. The minimum Gasteiger partial charge on any atom is -0.479 e. The SMILES string of the molecule is N#CCOc1ccc(/C=C2\CCn3c2nc2cc(Cl)ccc2c3=O)cc1. The summed E-state index contributed by atoms with van der Waals surface area (Å²) in [6.45, 7) is 0.644. The average Bonchev–Trinajstić information content (AvgIpc) is 3.04. The third-order valence-electron chi connectivity index (χ3n) is 4.33. The van der Waals surface area contributed by atoms with E-state index in [1.165, 1.54) is 0 Å². The summed E-state index contributed by atoms with van der Waals surface area (Å²) in [6, 6.07) is 14.6. The van der Waals surface area contributed by atoms with Crippen LogP contribution in [0.1, 0.15) is 17.8 Å². The number of fused-ring (bicyclic) bond motifs is 2. The monoisotopic (exact) mass is 363 g/mol. The predicted octanol–water partition coefficient (Wildman–Crippen LogP) is 3.90. The van der Waals surface area contributed by atoms with E-state index in [-0.39, 0.29) is 12.2 Å². The van der Waals surface area contributed by atoms with E-state index in [1.54, 1.807) is 22.8 Å². The molecule has 0 unspecified atom stereocenters. The zero-order valence-corrected chi connectivity index (χ0v) is 14.5. The molecule has 0 saturated heterocycles. The van der Waals surface area contributed by atoms with Crippen molar-refractivity contribution in [2.75, 3.05) is 6.61 Å². The van der Waals surface area contributed by atoms with Crippen LogP contribution in [0.2, 0.25) is 5.02 Å². The second-order valence-electron chi connectivity index (χ2n) is 5.99. The molecule has 26 heavy (non-hydrogen) atoms. The summed E-state index contributed by atoms with van der Waals surface area (Å²) < 4.78 is 6.97. The van der Waals surface area contributed by atoms with Gasteiger partial charge in [0, 0.05) is 11.6 Å². The first-order valence-corrected chi connectivity index (χ1v) is 8.54. The molecule has 128 valence electrons. The van der Waals surface area contributed by atoms with Crippen molar-refractivity contribution in [3.8, 4) is 11.8 Å². The van der Waals surface area contributed by atoms with E-state index in [2.05, 4.69) is 4.98 Å². The fraction of sp³-hybridized carbons (Fsp3) is 0.150. The average molecular weight is 364 g/mol. The normalized spacial score (nSPS) is 14.4. The lowest BCUT2D eigenvalue weighted by atomic mass is 10.1. The minimum atomic E-state index is -0.0367. The largest absolute Gasteiger partial charge is 0.479 e. The molecule has 1 aliphatic heterocycles. The van der Waals surface area contributed by atoms with Crippen molar-refractivity contribution in [2.24, 2.45) is 0 Å². The van der Waals surface area contributed by atoms with Gasteiger partial charge < -0.3 is 4.74 Å². The summed E-state index contributed by atoms with van der Waals surface area (Å²) in [5.74, 6) is 1.34. The first-order chi connectivity index (χ1) is 12.7. The first-order valence-electron chi connectivity index (χ1n) is 8.16. The molecule has 1 aliphatic rings. The lowest BCUT2D eigenvalue weighted by Crippen LogP contribution is -2.20. The second-order valence-corrected chi connectivity index (χ2v) is 6.43. The van der Waals surface area contributed by atoms with Crippen molar-refractivity contribution >= 4 is 34.2 Å². The predicted molar refractivity (Wildman–Crippen MR) is 101 cm³/mol. The van der Waals surface area contributed by atoms with Crippen LogP contribution in [0.4, 0.5) is 0 Å². The highest BCUT2D eigenvalue weighted by Gasteiger charge is 2.20. The molecule has 2 aromatic carbocycles. The lowest BCUT2D eigenvalue weighted by molar-refractivity contribution is 0.368. The highest BCUT2D eigenvalue weighted by Crippen LogP contribution is 2.28. The quantitative estimate of drug-likeness (QED) is 0.707. The molecule has 2 heterocycles. The molecular weight excluding hydrogens is 350 g/mol. The Labute approximate surface area is 154 Å². The zero-order chi connectivity index (χ0) is 18.1. The van der Waals surface area contributed by atoms with Crippen LogP contribution in [0.25, 0.3) is 22.6 Å². The number of aromatic nitrogens is 2. The van der Waals surface area contributed by atoms with E-state index in [0.29, 0.717) is 34.0 Å². The van der Waals surface area contributed by atoms with Crippen LogP contribution in [0.5, 0.6) is 5.75 Å². The summed E-state index contributed by atoms with van der Waals surface area (Å²) in [4.78, 5) is 17.3. The maximum atomic E-state index is 12.7. The number of benzene rings is 2. The summed E-state index contributed by atoms with van der Waals surface area (Å²) in [6.07, 6.45) is 2.77. The van der Waals surface area contributed by atoms with Gasteiger partial charge in [0.05, 0.1) is 10.9 Å². The van der Waals surface area contributed by atoms with E-state index in [0.717, 1.165) is 17.6 Å². The highest BCUT2D eigenvalue weighted by atomic mass is 35.5. The third kappa shape index (κ3) is 2.96. The molecule has 6 heteroatoms. The van der Waals surface area contributed by atoms with Crippen LogP contribution in [0.3, 0.4) is 0 Å². The molecule has 0 N–H and O–H groups in total. The van der Waals surface area contributed by atoms with E-state index in [4.69, 9.17) is 21.6 Å². The molecular formula is C20H14ClN3O2. The van der Waals surface area contributed by atoms with Gasteiger partial charge in [0.15, 0.2) is 6.61 Å². The van der Waals surface area contributed by atoms with Gasteiger partial charge in [-0.1, -0.05) is 23.7 Å². The van der Waals surface area contributed by atoms with Gasteiger partial charge in [-0.25, -0.2) is 4.98 Å². The third-order valence-corrected chi connectivity index (χ3v) is 4.57. The number of nitrogens with zero attached hydrogens (tertiary/aromatic N) is 3. The van der Waals surface area contributed by atoms with Gasteiger partial charge in [0.1, 0.15) is 17.6 Å². The van der Waals surface area contributed by atoms with Crippen LogP contribution in [0, 0.1) is 11.3 Å². The topological polar surface area (TPSA) is 67.9 Å². The van der Waals surface area contributed by atoms with Crippen molar-refractivity contribution in [3.05, 3.63) is 69.2 Å². The molecule has 0 bridgehead atoms. The molecule has 5 nitrogen and oxygen atoms in total. The van der Waals surface area contributed by atoms with Crippen LogP contribution in [-0.4, -0.2) is 16.2 Å². The van der Waals surface area contributed by atoms with Crippen molar-refractivity contribution in [2.45, 2.75) is 13.0 Å². The Morgan fingerprint density at radius 1 is 1.27 bits per heavy atom. The van der Waals surface area contributed by atoms with Gasteiger partial charge in [-0.15, -0.1) is 0 Å². The van der Waals surface area contributed by atoms with Crippen LogP contribution >= 0.6 is 11.6 Å². The first kappa shape index (κ1) is 16.4. The molecule has 0 saturated carbocycles. The summed E-state index contributed by atoms with van der Waals surface area (Å²) in [5, 5.41) is 9.69. The number of halogens is 1. The number of nitriles is 1. The Morgan fingerprint density at radius 3 is 2.85 bits per heavy atom. The minimum absolute atomic E-state index is 0.0241. The zero-order valence-electron chi connectivity index (χ0n) is 13.8. The van der Waals surface area contributed by atoms with Gasteiger partial charge in [0.2, 0.25) is 0 Å². The van der Waals surface area contributed by atoms with Crippen LogP contribution in [0.15, 0.2) is 47.3 Å². The fourth-order valence-electron chi connectivity index (χ4n) is 3.10. The molecule has 0 spiro atoms. The molecule has 0 atom stereocenters. The Morgan fingerprint density at radius 2 is 2.08 bits per heavy atom. The van der Waals surface area contributed by atoms with Gasteiger partial charge in [-0.3, -0.25) is 9.36 Å². The van der Waals surface area contributed by atoms with Crippen molar-refractivity contribution in [1.82, 2.24) is 9.55 Å². The number of rotatable bonds is 3. The highest BCUT2D eigenvalue weighted by molar-refractivity contribution is 6.31. The Hall–Kier alpha value is -3.10. The molecule has 0 radical (unpaired) electrons. The van der Waals surface area contributed by atoms with Crippen LogP contribution in [-0.2, 0) is 6.54 Å². The number of hydrogen-bond donors (Lipinski definition) is 0. The Bertz CT molecular complexity index is 1120. The van der Waals surface area contributed by atoms with Gasteiger partial charge in [0.25, 0.3) is 5.56 Å². The molecule has 4 rings (SSSR count). The molecule has 0 aliphatic carbocycles. The smallest absolute Gasteiger partial charge is 0.261 e. The van der Waals surface area contributed by atoms with Crippen molar-refractivity contribution in [1.29, 1.82) is 5.26 Å². The van der Waals surface area contributed by atoms with E-state index >= 15 is 0 Å². The molecule has 3 aromatic rings. The summed E-state index contributed by atoms with van der Waals surface area (Å²) in [5.41, 5.74) is 2.57. The summed E-state index contributed by atoms with van der Waals surface area (Å²) >= 11 is 6.04. The van der Waals surface area contributed by atoms with E-state index < -0.39 is 0 Å².